The van der Waals surface area contributed by atoms with Gasteiger partial charge in [-0.05, 0) is 31.1 Å². The predicted octanol–water partition coefficient (Wildman–Crippen LogP) is 1.80. The zero-order chi connectivity index (χ0) is 6.97. The van der Waals surface area contributed by atoms with Crippen molar-refractivity contribution >= 4 is 0 Å². The van der Waals surface area contributed by atoms with Gasteiger partial charge in [0.05, 0.1) is 0 Å². The van der Waals surface area contributed by atoms with Crippen molar-refractivity contribution in [1.29, 1.82) is 0 Å². The van der Waals surface area contributed by atoms with E-state index in [9.17, 15) is 0 Å². The Balaban J connectivity index is 1.90. The van der Waals surface area contributed by atoms with Crippen LogP contribution in [0.3, 0.4) is 0 Å². The average molecular weight is 138 g/mol. The molecule has 0 saturated heterocycles. The Bertz CT molecular complexity index is 122. The molecule has 3 unspecified atom stereocenters. The summed E-state index contributed by atoms with van der Waals surface area (Å²) in [6.07, 6.45) is 5.88. The van der Waals surface area contributed by atoms with Gasteiger partial charge in [0.15, 0.2) is 0 Å². The fourth-order valence-corrected chi connectivity index (χ4v) is 2.67. The second-order valence-corrected chi connectivity index (χ2v) is 3.74. The van der Waals surface area contributed by atoms with Gasteiger partial charge in [0.2, 0.25) is 0 Å². The van der Waals surface area contributed by atoms with Gasteiger partial charge in [-0.25, -0.2) is 5.32 Å². The molecule has 10 heavy (non-hydrogen) atoms. The van der Waals surface area contributed by atoms with Gasteiger partial charge < -0.3 is 0 Å². The van der Waals surface area contributed by atoms with Crippen LogP contribution in [0.15, 0.2) is 0 Å². The highest BCUT2D eigenvalue weighted by molar-refractivity contribution is 4.93. The Morgan fingerprint density at radius 2 is 2.20 bits per heavy atom. The van der Waals surface area contributed by atoms with Gasteiger partial charge in [-0.1, -0.05) is 13.3 Å². The third-order valence-electron chi connectivity index (χ3n) is 3.12. The summed E-state index contributed by atoms with van der Waals surface area (Å²) in [6, 6.07) is 0.767. The normalized spacial score (nSPS) is 44.7. The molecule has 2 aliphatic carbocycles. The van der Waals surface area contributed by atoms with Gasteiger partial charge >= 0.3 is 0 Å². The lowest BCUT2D eigenvalue weighted by molar-refractivity contribution is 0.352. The highest BCUT2D eigenvalue weighted by Gasteiger charge is 2.39. The van der Waals surface area contributed by atoms with Crippen LogP contribution in [0.25, 0.3) is 0 Å². The minimum absolute atomic E-state index is 0.767. The van der Waals surface area contributed by atoms with Crippen molar-refractivity contribution in [3.63, 3.8) is 0 Å². The van der Waals surface area contributed by atoms with E-state index in [0.717, 1.165) is 24.4 Å². The number of fused-ring (bicyclic) bond motifs is 2. The van der Waals surface area contributed by atoms with Gasteiger partial charge in [-0.2, -0.15) is 0 Å². The maximum Gasteiger partial charge on any atom is 0.0276 e. The topological polar surface area (TPSA) is 14.1 Å². The van der Waals surface area contributed by atoms with Gasteiger partial charge in [0.1, 0.15) is 0 Å². The molecule has 2 saturated carbocycles. The Kier molecular flexibility index (Phi) is 1.69. The summed E-state index contributed by atoms with van der Waals surface area (Å²) in [6.45, 7) is 3.19. The molecule has 0 aromatic rings. The van der Waals surface area contributed by atoms with Gasteiger partial charge in [-0.3, -0.25) is 0 Å². The largest absolute Gasteiger partial charge is 0.238 e. The van der Waals surface area contributed by atoms with Crippen LogP contribution in [-0.4, -0.2) is 12.6 Å². The number of hydrogen-bond donors (Lipinski definition) is 0. The van der Waals surface area contributed by atoms with E-state index < -0.39 is 0 Å². The molecule has 0 amide bonds. The quantitative estimate of drug-likeness (QED) is 0.552. The second-order valence-electron chi connectivity index (χ2n) is 3.74. The Morgan fingerprint density at radius 1 is 1.30 bits per heavy atom. The number of rotatable bonds is 2. The minimum atomic E-state index is 0.767. The SMILES string of the molecule is CC[N]C1CC2CCC1C2. The van der Waals surface area contributed by atoms with E-state index in [1.807, 2.05) is 0 Å². The maximum absolute atomic E-state index is 4.61. The summed E-state index contributed by atoms with van der Waals surface area (Å²) < 4.78 is 0. The molecule has 0 spiro atoms. The molecular formula is C9H16N. The molecule has 2 fully saturated rings. The highest BCUT2D eigenvalue weighted by atomic mass is 14.9. The first-order valence-electron chi connectivity index (χ1n) is 4.56. The van der Waals surface area contributed by atoms with Crippen LogP contribution < -0.4 is 5.32 Å². The molecule has 1 nitrogen and oxygen atoms in total. The van der Waals surface area contributed by atoms with E-state index >= 15 is 0 Å². The van der Waals surface area contributed by atoms with Crippen molar-refractivity contribution in [1.82, 2.24) is 5.32 Å². The van der Waals surface area contributed by atoms with Crippen molar-refractivity contribution in [3.8, 4) is 0 Å². The van der Waals surface area contributed by atoms with Crippen LogP contribution in [0.5, 0.6) is 0 Å². The lowest BCUT2D eigenvalue weighted by Crippen LogP contribution is -2.27. The molecule has 2 rings (SSSR count). The predicted molar refractivity (Wildman–Crippen MR) is 41.9 cm³/mol. The lowest BCUT2D eigenvalue weighted by Gasteiger charge is -2.20. The van der Waals surface area contributed by atoms with Crippen LogP contribution in [0.1, 0.15) is 32.6 Å². The molecule has 1 heteroatoms. The van der Waals surface area contributed by atoms with Gasteiger partial charge in [0.25, 0.3) is 0 Å². The lowest BCUT2D eigenvalue weighted by atomic mass is 9.95. The molecule has 0 aliphatic heterocycles. The molecular weight excluding hydrogens is 122 g/mol. The molecule has 2 aliphatic rings. The molecule has 3 atom stereocenters. The van der Waals surface area contributed by atoms with Crippen LogP contribution >= 0.6 is 0 Å². The number of hydrogen-bond acceptors (Lipinski definition) is 0. The average Bonchev–Trinajstić information content (AvgIpc) is 2.48. The van der Waals surface area contributed by atoms with Crippen molar-refractivity contribution in [2.75, 3.05) is 6.54 Å². The standard InChI is InChI=1S/C9H16N/c1-2-10-9-6-7-3-4-8(9)5-7/h7-9H,2-6H2,1H3. The monoisotopic (exact) mass is 138 g/mol. The molecule has 2 bridgehead atoms. The molecule has 57 valence electrons. The van der Waals surface area contributed by atoms with Crippen molar-refractivity contribution in [3.05, 3.63) is 0 Å². The summed E-state index contributed by atoms with van der Waals surface area (Å²) in [5, 5.41) is 4.61. The van der Waals surface area contributed by atoms with Crippen LogP contribution in [0.2, 0.25) is 0 Å². The van der Waals surface area contributed by atoms with Crippen LogP contribution in [0.4, 0.5) is 0 Å². The van der Waals surface area contributed by atoms with E-state index in [1.165, 1.54) is 25.7 Å². The first kappa shape index (κ1) is 6.66. The van der Waals surface area contributed by atoms with E-state index in [2.05, 4.69) is 12.2 Å². The van der Waals surface area contributed by atoms with Crippen LogP contribution in [-0.2, 0) is 0 Å². The molecule has 0 heterocycles. The molecule has 1 radical (unpaired) electrons. The first-order chi connectivity index (χ1) is 4.90. The maximum atomic E-state index is 4.61. The molecule has 0 aromatic heterocycles. The zero-order valence-electron chi connectivity index (χ0n) is 6.71. The fourth-order valence-electron chi connectivity index (χ4n) is 2.67. The van der Waals surface area contributed by atoms with Crippen molar-refractivity contribution < 1.29 is 0 Å². The third kappa shape index (κ3) is 0.968. The Morgan fingerprint density at radius 3 is 2.70 bits per heavy atom. The van der Waals surface area contributed by atoms with Crippen LogP contribution in [0, 0.1) is 11.8 Å². The Labute approximate surface area is 63.2 Å². The third-order valence-corrected chi connectivity index (χ3v) is 3.12. The summed E-state index contributed by atoms with van der Waals surface area (Å²) in [5.74, 6) is 2.05. The summed E-state index contributed by atoms with van der Waals surface area (Å²) >= 11 is 0. The Hall–Kier alpha value is -0.0400. The van der Waals surface area contributed by atoms with E-state index in [0.29, 0.717) is 0 Å². The highest BCUT2D eigenvalue weighted by Crippen LogP contribution is 2.44. The van der Waals surface area contributed by atoms with E-state index in [1.54, 1.807) is 0 Å². The summed E-state index contributed by atoms with van der Waals surface area (Å²) in [4.78, 5) is 0. The molecule has 0 aromatic carbocycles. The van der Waals surface area contributed by atoms with E-state index in [-0.39, 0.29) is 0 Å². The number of nitrogens with zero attached hydrogens (tertiary/aromatic N) is 1. The zero-order valence-corrected chi connectivity index (χ0v) is 6.71. The smallest absolute Gasteiger partial charge is 0.0276 e. The van der Waals surface area contributed by atoms with E-state index in [4.69, 9.17) is 0 Å². The first-order valence-corrected chi connectivity index (χ1v) is 4.56. The fraction of sp³-hybridized carbons (Fsp3) is 1.00. The second kappa shape index (κ2) is 2.54. The van der Waals surface area contributed by atoms with Crippen molar-refractivity contribution in [2.24, 2.45) is 11.8 Å². The van der Waals surface area contributed by atoms with Crippen molar-refractivity contribution in [2.45, 2.75) is 38.6 Å². The van der Waals surface area contributed by atoms with Gasteiger partial charge in [0, 0.05) is 12.6 Å². The summed E-state index contributed by atoms with van der Waals surface area (Å²) in [7, 11) is 0. The molecule has 0 N–H and O–H groups in total. The minimum Gasteiger partial charge on any atom is -0.238 e. The summed E-state index contributed by atoms with van der Waals surface area (Å²) in [5.41, 5.74) is 0. The van der Waals surface area contributed by atoms with Gasteiger partial charge in [-0.15, -0.1) is 0 Å².